The second kappa shape index (κ2) is 9.18. The molecule has 9 heteroatoms. The molecule has 1 aliphatic carbocycles. The molecule has 1 saturated carbocycles. The Morgan fingerprint density at radius 1 is 1.12 bits per heavy atom. The highest BCUT2D eigenvalue weighted by Crippen LogP contribution is 2.42. The normalized spacial score (nSPS) is 24.8. The first-order valence-electron chi connectivity index (χ1n) is 11.8. The Hall–Kier alpha value is -2.26. The van der Waals surface area contributed by atoms with Gasteiger partial charge in [-0.25, -0.2) is 0 Å². The van der Waals surface area contributed by atoms with Crippen LogP contribution in [0, 0.1) is 24.7 Å². The molecular weight excluding hydrogens is 431 g/mol. The third kappa shape index (κ3) is 4.99. The molecule has 0 unspecified atom stereocenters. The standard InChI is InChI=1S/C24H30F3N5O/c1-15-2-5-28-11-20(15)22-10-21(24(25,26)27)23(31-30-22)29-19-8-17-13-32(14-18(17)9-19)12-16-3-6-33-7-4-16/h2,5,10-11,16-19H,3-4,6-9,12-14H2,1H3,(H,29,31)/t17-,18-/m1/s1. The Bertz CT molecular complexity index is 965. The Morgan fingerprint density at radius 2 is 1.85 bits per heavy atom. The van der Waals surface area contributed by atoms with E-state index >= 15 is 0 Å². The predicted octanol–water partition coefficient (Wildman–Crippen LogP) is 4.41. The Kier molecular flexibility index (Phi) is 6.26. The number of pyridine rings is 1. The average Bonchev–Trinajstić information content (AvgIpc) is 3.32. The van der Waals surface area contributed by atoms with E-state index in [1.807, 2.05) is 6.92 Å². The van der Waals surface area contributed by atoms with Gasteiger partial charge in [-0.3, -0.25) is 4.98 Å². The third-order valence-corrected chi connectivity index (χ3v) is 7.44. The van der Waals surface area contributed by atoms with Crippen LogP contribution in [0.25, 0.3) is 11.3 Å². The summed E-state index contributed by atoms with van der Waals surface area (Å²) in [5, 5.41) is 11.2. The maximum Gasteiger partial charge on any atom is 0.420 e. The van der Waals surface area contributed by atoms with Gasteiger partial charge in [-0.1, -0.05) is 0 Å². The number of nitrogens with zero attached hydrogens (tertiary/aromatic N) is 4. The van der Waals surface area contributed by atoms with Crippen molar-refractivity contribution in [3.05, 3.63) is 35.7 Å². The molecule has 0 spiro atoms. The van der Waals surface area contributed by atoms with Gasteiger partial charge in [0, 0.05) is 56.8 Å². The summed E-state index contributed by atoms with van der Waals surface area (Å²) in [5.41, 5.74) is 0.781. The van der Waals surface area contributed by atoms with E-state index < -0.39 is 11.7 Å². The lowest BCUT2D eigenvalue weighted by molar-refractivity contribution is -0.137. The lowest BCUT2D eigenvalue weighted by Gasteiger charge is -2.28. The molecule has 1 N–H and O–H groups in total. The van der Waals surface area contributed by atoms with Crippen LogP contribution in [0.1, 0.15) is 36.8 Å². The SMILES string of the molecule is Cc1ccncc1-c1cc(C(F)(F)F)c(NC2C[C@@H]3CN(CC4CCOCC4)C[C@H]3C2)nn1. The van der Waals surface area contributed by atoms with Crippen molar-refractivity contribution < 1.29 is 17.9 Å². The lowest BCUT2D eigenvalue weighted by Crippen LogP contribution is -2.32. The minimum absolute atomic E-state index is 0.00777. The molecular formula is C24H30F3N5O. The van der Waals surface area contributed by atoms with Crippen LogP contribution >= 0.6 is 0 Å². The molecule has 4 heterocycles. The van der Waals surface area contributed by atoms with Crippen molar-refractivity contribution in [3.8, 4) is 11.3 Å². The first-order chi connectivity index (χ1) is 15.9. The number of hydrogen-bond acceptors (Lipinski definition) is 6. The summed E-state index contributed by atoms with van der Waals surface area (Å²) in [7, 11) is 0. The van der Waals surface area contributed by atoms with Gasteiger partial charge in [-0.2, -0.15) is 13.2 Å². The topological polar surface area (TPSA) is 63.2 Å². The molecule has 2 aliphatic heterocycles. The minimum atomic E-state index is -4.52. The molecule has 3 aliphatic rings. The Balaban J connectivity index is 1.25. The van der Waals surface area contributed by atoms with Crippen molar-refractivity contribution in [2.24, 2.45) is 17.8 Å². The van der Waals surface area contributed by atoms with Crippen molar-refractivity contribution in [1.29, 1.82) is 0 Å². The van der Waals surface area contributed by atoms with Crippen molar-refractivity contribution in [2.75, 3.05) is 38.2 Å². The lowest BCUT2D eigenvalue weighted by atomic mass is 10.00. The summed E-state index contributed by atoms with van der Waals surface area (Å²) in [6, 6.07) is 2.83. The van der Waals surface area contributed by atoms with Gasteiger partial charge in [0.05, 0.1) is 5.69 Å². The van der Waals surface area contributed by atoms with Crippen molar-refractivity contribution in [1.82, 2.24) is 20.1 Å². The fourth-order valence-electron chi connectivity index (χ4n) is 5.73. The van der Waals surface area contributed by atoms with E-state index in [1.54, 1.807) is 12.3 Å². The van der Waals surface area contributed by atoms with E-state index in [1.165, 1.54) is 6.20 Å². The average molecular weight is 462 g/mol. The predicted molar refractivity (Wildman–Crippen MR) is 119 cm³/mol. The van der Waals surface area contributed by atoms with E-state index in [9.17, 15) is 13.2 Å². The molecule has 178 valence electrons. The van der Waals surface area contributed by atoms with E-state index in [-0.39, 0.29) is 17.6 Å². The second-order valence-electron chi connectivity index (χ2n) is 9.79. The van der Waals surface area contributed by atoms with Crippen molar-refractivity contribution in [3.63, 3.8) is 0 Å². The van der Waals surface area contributed by atoms with Gasteiger partial charge in [0.2, 0.25) is 0 Å². The van der Waals surface area contributed by atoms with Crippen molar-refractivity contribution >= 4 is 5.82 Å². The summed E-state index contributed by atoms with van der Waals surface area (Å²) in [4.78, 5) is 6.57. The molecule has 2 saturated heterocycles. The number of aryl methyl sites for hydroxylation is 1. The quantitative estimate of drug-likeness (QED) is 0.712. The smallest absolute Gasteiger partial charge is 0.381 e. The molecule has 0 radical (unpaired) electrons. The number of nitrogens with one attached hydrogen (secondary N) is 1. The minimum Gasteiger partial charge on any atom is -0.381 e. The number of ether oxygens (including phenoxy) is 1. The van der Waals surface area contributed by atoms with E-state index in [0.29, 0.717) is 23.3 Å². The maximum absolute atomic E-state index is 13.9. The van der Waals surface area contributed by atoms with Crippen LogP contribution in [-0.2, 0) is 10.9 Å². The van der Waals surface area contributed by atoms with Crippen LogP contribution in [-0.4, -0.2) is 59.0 Å². The largest absolute Gasteiger partial charge is 0.420 e. The van der Waals surface area contributed by atoms with Gasteiger partial charge < -0.3 is 15.0 Å². The maximum atomic E-state index is 13.9. The highest BCUT2D eigenvalue weighted by Gasteiger charge is 2.43. The summed E-state index contributed by atoms with van der Waals surface area (Å²) in [5.74, 6) is 1.60. The number of halogens is 3. The number of rotatable bonds is 5. The molecule has 2 atom stereocenters. The first-order valence-corrected chi connectivity index (χ1v) is 11.8. The zero-order chi connectivity index (χ0) is 23.0. The summed E-state index contributed by atoms with van der Waals surface area (Å²) in [6.45, 7) is 6.74. The van der Waals surface area contributed by atoms with Gasteiger partial charge in [0.15, 0.2) is 5.82 Å². The van der Waals surface area contributed by atoms with Gasteiger partial charge in [0.25, 0.3) is 0 Å². The fraction of sp³-hybridized carbons (Fsp3) is 0.625. The van der Waals surface area contributed by atoms with Crippen LogP contribution in [0.15, 0.2) is 24.5 Å². The number of aromatic nitrogens is 3. The Morgan fingerprint density at radius 3 is 2.52 bits per heavy atom. The molecule has 6 nitrogen and oxygen atoms in total. The van der Waals surface area contributed by atoms with E-state index in [0.717, 1.165) is 70.2 Å². The molecule has 2 aromatic heterocycles. The van der Waals surface area contributed by atoms with Gasteiger partial charge in [-0.05, 0) is 68.1 Å². The van der Waals surface area contributed by atoms with Crippen LogP contribution in [0.3, 0.4) is 0 Å². The van der Waals surface area contributed by atoms with Crippen LogP contribution in [0.4, 0.5) is 19.0 Å². The van der Waals surface area contributed by atoms with Crippen LogP contribution in [0.2, 0.25) is 0 Å². The number of fused-ring (bicyclic) bond motifs is 1. The molecule has 3 fully saturated rings. The molecule has 2 aromatic rings. The summed E-state index contributed by atoms with van der Waals surface area (Å²) in [6.07, 6.45) is 2.62. The van der Waals surface area contributed by atoms with Crippen LogP contribution < -0.4 is 5.32 Å². The highest BCUT2D eigenvalue weighted by molar-refractivity contribution is 5.64. The first kappa shape index (κ1) is 22.5. The molecule has 5 rings (SSSR count). The number of alkyl halides is 3. The Labute approximate surface area is 191 Å². The van der Waals surface area contributed by atoms with E-state index in [2.05, 4.69) is 25.4 Å². The summed E-state index contributed by atoms with van der Waals surface area (Å²) >= 11 is 0. The van der Waals surface area contributed by atoms with Crippen molar-refractivity contribution in [2.45, 2.75) is 44.8 Å². The summed E-state index contributed by atoms with van der Waals surface area (Å²) < 4.78 is 47.1. The zero-order valence-electron chi connectivity index (χ0n) is 18.8. The molecule has 0 amide bonds. The molecule has 0 aromatic carbocycles. The fourth-order valence-corrected chi connectivity index (χ4v) is 5.73. The zero-order valence-corrected chi connectivity index (χ0v) is 18.8. The van der Waals surface area contributed by atoms with Gasteiger partial charge >= 0.3 is 6.18 Å². The van der Waals surface area contributed by atoms with E-state index in [4.69, 9.17) is 4.74 Å². The van der Waals surface area contributed by atoms with Gasteiger partial charge in [-0.15, -0.1) is 10.2 Å². The van der Waals surface area contributed by atoms with Crippen LogP contribution in [0.5, 0.6) is 0 Å². The third-order valence-electron chi connectivity index (χ3n) is 7.44. The van der Waals surface area contributed by atoms with Gasteiger partial charge in [0.1, 0.15) is 5.56 Å². The molecule has 0 bridgehead atoms. The second-order valence-corrected chi connectivity index (χ2v) is 9.79. The monoisotopic (exact) mass is 461 g/mol. The number of anilines is 1. The molecule has 33 heavy (non-hydrogen) atoms. The number of hydrogen-bond donors (Lipinski definition) is 1. The number of likely N-dealkylation sites (tertiary alicyclic amines) is 1. The highest BCUT2D eigenvalue weighted by atomic mass is 19.4.